The summed E-state index contributed by atoms with van der Waals surface area (Å²) in [6.45, 7) is 4.27. The lowest BCUT2D eigenvalue weighted by atomic mass is 10.0. The molecule has 0 aliphatic carbocycles. The van der Waals surface area contributed by atoms with Crippen molar-refractivity contribution in [1.29, 1.82) is 0 Å². The first-order chi connectivity index (χ1) is 14.3. The van der Waals surface area contributed by atoms with Gasteiger partial charge in [-0.05, 0) is 37.6 Å². The number of anilines is 1. The van der Waals surface area contributed by atoms with Gasteiger partial charge in [-0.1, -0.05) is 35.5 Å². The van der Waals surface area contributed by atoms with Gasteiger partial charge in [0.2, 0.25) is 0 Å². The van der Waals surface area contributed by atoms with Crippen LogP contribution >= 0.6 is 0 Å². The summed E-state index contributed by atoms with van der Waals surface area (Å²) in [5.74, 6) is -0.329. The van der Waals surface area contributed by atoms with Crippen molar-refractivity contribution in [2.75, 3.05) is 25.5 Å². The van der Waals surface area contributed by atoms with Gasteiger partial charge in [-0.25, -0.2) is 9.18 Å². The highest BCUT2D eigenvalue weighted by Crippen LogP contribution is 2.21. The van der Waals surface area contributed by atoms with Crippen molar-refractivity contribution >= 4 is 17.4 Å². The molecule has 1 aliphatic heterocycles. The van der Waals surface area contributed by atoms with Crippen molar-refractivity contribution in [3.05, 3.63) is 65.5 Å². The largest absolute Gasteiger partial charge is 0.390 e. The SMILES string of the molecule is CC(C)NC(=O)N(Cc1ccccc1F)CC1CC(c2ccc(N(C)C)cc2)=NO1. The number of carbonyl (C=O) groups excluding carboxylic acids is 1. The van der Waals surface area contributed by atoms with E-state index in [2.05, 4.69) is 10.5 Å². The third-order valence-corrected chi connectivity index (χ3v) is 4.89. The number of amides is 2. The molecule has 30 heavy (non-hydrogen) atoms. The van der Waals surface area contributed by atoms with Crippen molar-refractivity contribution in [1.82, 2.24) is 10.2 Å². The van der Waals surface area contributed by atoms with Crippen molar-refractivity contribution in [2.24, 2.45) is 5.16 Å². The number of hydrogen-bond donors (Lipinski definition) is 1. The zero-order valence-corrected chi connectivity index (χ0v) is 17.9. The monoisotopic (exact) mass is 412 g/mol. The van der Waals surface area contributed by atoms with E-state index in [1.54, 1.807) is 23.1 Å². The van der Waals surface area contributed by atoms with Crippen LogP contribution in [0.2, 0.25) is 0 Å². The molecular weight excluding hydrogens is 383 g/mol. The maximum absolute atomic E-state index is 14.1. The number of urea groups is 1. The molecule has 0 fully saturated rings. The summed E-state index contributed by atoms with van der Waals surface area (Å²) in [5.41, 5.74) is 3.42. The van der Waals surface area contributed by atoms with E-state index in [9.17, 15) is 9.18 Å². The Morgan fingerprint density at radius 2 is 1.90 bits per heavy atom. The topological polar surface area (TPSA) is 57.2 Å². The van der Waals surface area contributed by atoms with E-state index in [0.29, 0.717) is 18.5 Å². The van der Waals surface area contributed by atoms with Gasteiger partial charge in [0.25, 0.3) is 0 Å². The summed E-state index contributed by atoms with van der Waals surface area (Å²) in [5, 5.41) is 7.11. The van der Waals surface area contributed by atoms with E-state index in [1.165, 1.54) is 6.07 Å². The van der Waals surface area contributed by atoms with Crippen molar-refractivity contribution in [2.45, 2.75) is 39.0 Å². The Balaban J connectivity index is 1.67. The van der Waals surface area contributed by atoms with Crippen LogP contribution in [0.25, 0.3) is 0 Å². The van der Waals surface area contributed by atoms with E-state index in [0.717, 1.165) is 17.0 Å². The van der Waals surface area contributed by atoms with Crippen LogP contribution in [0.15, 0.2) is 53.7 Å². The molecule has 2 aromatic carbocycles. The Bertz CT molecular complexity index is 896. The van der Waals surface area contributed by atoms with Crippen LogP contribution in [-0.2, 0) is 11.4 Å². The molecule has 6 nitrogen and oxygen atoms in total. The third-order valence-electron chi connectivity index (χ3n) is 4.89. The van der Waals surface area contributed by atoms with Crippen LogP contribution in [0, 0.1) is 5.82 Å². The lowest BCUT2D eigenvalue weighted by Gasteiger charge is -2.26. The summed E-state index contributed by atoms with van der Waals surface area (Å²) in [6, 6.07) is 14.3. The Hall–Kier alpha value is -3.09. The van der Waals surface area contributed by atoms with Crippen molar-refractivity contribution in [3.8, 4) is 0 Å². The van der Waals surface area contributed by atoms with Gasteiger partial charge in [0, 0.05) is 37.8 Å². The summed E-state index contributed by atoms with van der Waals surface area (Å²) >= 11 is 0. The van der Waals surface area contributed by atoms with Gasteiger partial charge in [0.1, 0.15) is 5.82 Å². The van der Waals surface area contributed by atoms with Gasteiger partial charge in [0.15, 0.2) is 6.10 Å². The molecule has 0 bridgehead atoms. The Labute approximate surface area is 177 Å². The number of benzene rings is 2. The molecule has 0 aromatic heterocycles. The van der Waals surface area contributed by atoms with Gasteiger partial charge in [0.05, 0.1) is 18.8 Å². The van der Waals surface area contributed by atoms with E-state index in [1.807, 2.05) is 57.1 Å². The molecule has 7 heteroatoms. The minimum absolute atomic E-state index is 0.0212. The summed E-state index contributed by atoms with van der Waals surface area (Å²) < 4.78 is 14.1. The molecule has 3 rings (SSSR count). The second-order valence-corrected chi connectivity index (χ2v) is 7.99. The van der Waals surface area contributed by atoms with E-state index in [-0.39, 0.29) is 30.5 Å². The van der Waals surface area contributed by atoms with Gasteiger partial charge in [-0.15, -0.1) is 0 Å². The van der Waals surface area contributed by atoms with Crippen LogP contribution in [0.1, 0.15) is 31.4 Å². The molecule has 0 saturated heterocycles. The smallest absolute Gasteiger partial charge is 0.318 e. The predicted molar refractivity (Wildman–Crippen MR) is 117 cm³/mol. The minimum atomic E-state index is -0.329. The molecule has 2 aromatic rings. The zero-order valence-electron chi connectivity index (χ0n) is 17.9. The number of nitrogens with one attached hydrogen (secondary N) is 1. The molecule has 1 heterocycles. The highest BCUT2D eigenvalue weighted by Gasteiger charge is 2.27. The Morgan fingerprint density at radius 3 is 2.53 bits per heavy atom. The zero-order chi connectivity index (χ0) is 21.7. The highest BCUT2D eigenvalue weighted by molar-refractivity contribution is 6.01. The standard InChI is InChI=1S/C23H29FN4O2/c1-16(2)25-23(29)28(14-18-7-5-6-8-21(18)24)15-20-13-22(26-30-20)17-9-11-19(12-10-17)27(3)4/h5-12,16,20H,13-15H2,1-4H3,(H,25,29). The quantitative estimate of drug-likeness (QED) is 0.748. The first-order valence-electron chi connectivity index (χ1n) is 10.1. The van der Waals surface area contributed by atoms with Gasteiger partial charge < -0.3 is 20.0 Å². The molecule has 0 radical (unpaired) electrons. The van der Waals surface area contributed by atoms with Gasteiger partial charge >= 0.3 is 6.03 Å². The van der Waals surface area contributed by atoms with Crippen LogP contribution < -0.4 is 10.2 Å². The average Bonchev–Trinajstić information content (AvgIpc) is 3.17. The van der Waals surface area contributed by atoms with E-state index >= 15 is 0 Å². The minimum Gasteiger partial charge on any atom is -0.390 e. The number of oxime groups is 1. The van der Waals surface area contributed by atoms with E-state index < -0.39 is 0 Å². The average molecular weight is 413 g/mol. The first-order valence-corrected chi connectivity index (χ1v) is 10.1. The van der Waals surface area contributed by atoms with Crippen molar-refractivity contribution in [3.63, 3.8) is 0 Å². The molecule has 1 N–H and O–H groups in total. The second-order valence-electron chi connectivity index (χ2n) is 7.99. The van der Waals surface area contributed by atoms with Crippen LogP contribution in [0.3, 0.4) is 0 Å². The van der Waals surface area contributed by atoms with Gasteiger partial charge in [-0.2, -0.15) is 0 Å². The van der Waals surface area contributed by atoms with Crippen LogP contribution in [0.4, 0.5) is 14.9 Å². The Morgan fingerprint density at radius 1 is 1.20 bits per heavy atom. The molecule has 0 saturated carbocycles. The summed E-state index contributed by atoms with van der Waals surface area (Å²) in [4.78, 5) is 21.9. The molecular formula is C23H29FN4O2. The second kappa shape index (κ2) is 9.61. The maximum Gasteiger partial charge on any atom is 0.318 e. The molecule has 1 unspecified atom stereocenters. The molecule has 160 valence electrons. The fraction of sp³-hybridized carbons (Fsp3) is 0.391. The third kappa shape index (κ3) is 5.49. The Kier molecular flexibility index (Phi) is 6.92. The summed E-state index contributed by atoms with van der Waals surface area (Å²) in [6.07, 6.45) is 0.308. The molecule has 0 spiro atoms. The number of halogens is 1. The number of nitrogens with zero attached hydrogens (tertiary/aromatic N) is 3. The molecule has 1 atom stereocenters. The van der Waals surface area contributed by atoms with Crippen LogP contribution in [-0.4, -0.2) is 49.4 Å². The number of hydrogen-bond acceptors (Lipinski definition) is 4. The number of rotatable bonds is 7. The first kappa shape index (κ1) is 21.6. The fourth-order valence-corrected chi connectivity index (χ4v) is 3.28. The maximum atomic E-state index is 14.1. The van der Waals surface area contributed by atoms with Crippen LogP contribution in [0.5, 0.6) is 0 Å². The van der Waals surface area contributed by atoms with Crippen molar-refractivity contribution < 1.29 is 14.0 Å². The number of carbonyl (C=O) groups is 1. The van der Waals surface area contributed by atoms with Gasteiger partial charge in [-0.3, -0.25) is 0 Å². The predicted octanol–water partition coefficient (Wildman–Crippen LogP) is 4.00. The lowest BCUT2D eigenvalue weighted by Crippen LogP contribution is -2.45. The lowest BCUT2D eigenvalue weighted by molar-refractivity contribution is 0.0584. The normalized spacial score (nSPS) is 15.5. The highest BCUT2D eigenvalue weighted by atomic mass is 19.1. The fourth-order valence-electron chi connectivity index (χ4n) is 3.28. The molecule has 2 amide bonds. The molecule has 1 aliphatic rings. The van der Waals surface area contributed by atoms with E-state index in [4.69, 9.17) is 4.84 Å². The summed E-state index contributed by atoms with van der Waals surface area (Å²) in [7, 11) is 3.99.